The number of halogens is 2. The van der Waals surface area contributed by atoms with Gasteiger partial charge in [-0.05, 0) is 71.2 Å². The third-order valence-corrected chi connectivity index (χ3v) is 3.73. The number of amides is 1. The molecule has 4 heteroatoms. The molecule has 2 aromatic rings. The first kappa shape index (κ1) is 14.1. The zero-order valence-electron chi connectivity index (χ0n) is 10.6. The molecule has 1 amide bonds. The minimum Gasteiger partial charge on any atom is -0.321 e. The lowest BCUT2D eigenvalue weighted by Gasteiger charge is -2.10. The van der Waals surface area contributed by atoms with E-state index in [4.69, 9.17) is 11.6 Å². The first-order chi connectivity index (χ1) is 8.97. The van der Waals surface area contributed by atoms with Crippen molar-refractivity contribution in [2.75, 3.05) is 5.32 Å². The summed E-state index contributed by atoms with van der Waals surface area (Å²) < 4.78 is 0.859. The van der Waals surface area contributed by atoms with Gasteiger partial charge >= 0.3 is 0 Å². The molecule has 2 rings (SSSR count). The average Bonchev–Trinajstić information content (AvgIpc) is 2.33. The normalized spacial score (nSPS) is 10.3. The molecule has 0 aliphatic rings. The maximum absolute atomic E-state index is 12.2. The van der Waals surface area contributed by atoms with Gasteiger partial charge in [0.2, 0.25) is 0 Å². The maximum atomic E-state index is 12.2. The Kier molecular flexibility index (Phi) is 4.27. The van der Waals surface area contributed by atoms with Crippen molar-refractivity contribution in [2.45, 2.75) is 13.8 Å². The summed E-state index contributed by atoms with van der Waals surface area (Å²) in [6.07, 6.45) is 0. The Bertz CT molecular complexity index is 640. The van der Waals surface area contributed by atoms with Gasteiger partial charge in [-0.25, -0.2) is 0 Å². The van der Waals surface area contributed by atoms with Crippen LogP contribution in [0.25, 0.3) is 0 Å². The van der Waals surface area contributed by atoms with E-state index in [1.165, 1.54) is 0 Å². The van der Waals surface area contributed by atoms with E-state index >= 15 is 0 Å². The summed E-state index contributed by atoms with van der Waals surface area (Å²) in [7, 11) is 0. The fraction of sp³-hybridized carbons (Fsp3) is 0.133. The molecule has 0 heterocycles. The van der Waals surface area contributed by atoms with E-state index in [0.717, 1.165) is 21.3 Å². The highest BCUT2D eigenvalue weighted by molar-refractivity contribution is 9.10. The standard InChI is InChI=1S/C15H13BrClNO/c1-9-3-6-13(16)14(7-9)18-15(19)12-5-4-11(17)8-10(12)2/h3-8H,1-2H3,(H,18,19). The molecule has 0 radical (unpaired) electrons. The SMILES string of the molecule is Cc1ccc(Br)c(NC(=O)c2ccc(Cl)cc2C)c1. The number of hydrogen-bond donors (Lipinski definition) is 1. The first-order valence-corrected chi connectivity index (χ1v) is 6.98. The van der Waals surface area contributed by atoms with Crippen LogP contribution in [-0.4, -0.2) is 5.91 Å². The smallest absolute Gasteiger partial charge is 0.255 e. The second-order valence-corrected chi connectivity index (χ2v) is 5.69. The summed E-state index contributed by atoms with van der Waals surface area (Å²) in [5, 5.41) is 3.53. The third-order valence-electron chi connectivity index (χ3n) is 2.80. The predicted octanol–water partition coefficient (Wildman–Crippen LogP) is 4.97. The molecule has 0 spiro atoms. The van der Waals surface area contributed by atoms with E-state index in [2.05, 4.69) is 21.2 Å². The van der Waals surface area contributed by atoms with Gasteiger partial charge in [0.25, 0.3) is 5.91 Å². The number of aryl methyl sites for hydroxylation is 2. The molecule has 1 N–H and O–H groups in total. The number of carbonyl (C=O) groups is 1. The van der Waals surface area contributed by atoms with Crippen LogP contribution in [0, 0.1) is 13.8 Å². The Hall–Kier alpha value is -1.32. The Balaban J connectivity index is 2.28. The largest absolute Gasteiger partial charge is 0.321 e. The summed E-state index contributed by atoms with van der Waals surface area (Å²) in [6.45, 7) is 3.85. The van der Waals surface area contributed by atoms with E-state index in [0.29, 0.717) is 10.6 Å². The fourth-order valence-electron chi connectivity index (χ4n) is 1.81. The highest BCUT2D eigenvalue weighted by Crippen LogP contribution is 2.24. The average molecular weight is 339 g/mol. The topological polar surface area (TPSA) is 29.1 Å². The molecular weight excluding hydrogens is 326 g/mol. The van der Waals surface area contributed by atoms with Crippen LogP contribution in [0.1, 0.15) is 21.5 Å². The first-order valence-electron chi connectivity index (χ1n) is 5.81. The van der Waals surface area contributed by atoms with Crippen LogP contribution >= 0.6 is 27.5 Å². The van der Waals surface area contributed by atoms with Gasteiger partial charge < -0.3 is 5.32 Å². The molecule has 98 valence electrons. The maximum Gasteiger partial charge on any atom is 0.255 e. The molecule has 0 bridgehead atoms. The molecule has 0 saturated heterocycles. The highest BCUT2D eigenvalue weighted by Gasteiger charge is 2.11. The van der Waals surface area contributed by atoms with Gasteiger partial charge in [0.15, 0.2) is 0 Å². The summed E-state index contributed by atoms with van der Waals surface area (Å²) in [6, 6.07) is 11.0. The van der Waals surface area contributed by atoms with Crippen LogP contribution in [0.15, 0.2) is 40.9 Å². The van der Waals surface area contributed by atoms with Crippen molar-refractivity contribution in [3.05, 3.63) is 62.6 Å². The number of carbonyl (C=O) groups excluding carboxylic acids is 1. The summed E-state index contributed by atoms with van der Waals surface area (Å²) >= 11 is 9.31. The molecule has 0 aliphatic heterocycles. The number of rotatable bonds is 2. The van der Waals surface area contributed by atoms with Crippen LogP contribution < -0.4 is 5.32 Å². The summed E-state index contributed by atoms with van der Waals surface area (Å²) in [5.74, 6) is -0.138. The zero-order chi connectivity index (χ0) is 14.0. The molecule has 0 fully saturated rings. The van der Waals surface area contributed by atoms with Crippen LogP contribution in [0.2, 0.25) is 5.02 Å². The minimum absolute atomic E-state index is 0.138. The van der Waals surface area contributed by atoms with E-state index in [-0.39, 0.29) is 5.91 Å². The van der Waals surface area contributed by atoms with Crippen molar-refractivity contribution in [1.29, 1.82) is 0 Å². The number of hydrogen-bond acceptors (Lipinski definition) is 1. The van der Waals surface area contributed by atoms with Crippen molar-refractivity contribution in [3.8, 4) is 0 Å². The summed E-state index contributed by atoms with van der Waals surface area (Å²) in [4.78, 5) is 12.2. The molecule has 0 unspecified atom stereocenters. The van der Waals surface area contributed by atoms with Gasteiger partial charge in [0, 0.05) is 15.1 Å². The Morgan fingerprint density at radius 1 is 1.16 bits per heavy atom. The second kappa shape index (κ2) is 5.76. The van der Waals surface area contributed by atoms with Gasteiger partial charge in [-0.1, -0.05) is 17.7 Å². The van der Waals surface area contributed by atoms with E-state index < -0.39 is 0 Å². The Morgan fingerprint density at radius 2 is 1.89 bits per heavy atom. The molecule has 0 aromatic heterocycles. The Morgan fingerprint density at radius 3 is 2.58 bits per heavy atom. The van der Waals surface area contributed by atoms with Crippen molar-refractivity contribution in [2.24, 2.45) is 0 Å². The lowest BCUT2D eigenvalue weighted by molar-refractivity contribution is 0.102. The predicted molar refractivity (Wildman–Crippen MR) is 83.0 cm³/mol. The monoisotopic (exact) mass is 337 g/mol. The number of benzene rings is 2. The second-order valence-electron chi connectivity index (χ2n) is 4.40. The van der Waals surface area contributed by atoms with Crippen molar-refractivity contribution >= 4 is 39.1 Å². The lowest BCUT2D eigenvalue weighted by atomic mass is 10.1. The van der Waals surface area contributed by atoms with Crippen molar-refractivity contribution < 1.29 is 4.79 Å². The lowest BCUT2D eigenvalue weighted by Crippen LogP contribution is -2.13. The van der Waals surface area contributed by atoms with E-state index in [9.17, 15) is 4.79 Å². The molecule has 2 nitrogen and oxygen atoms in total. The van der Waals surface area contributed by atoms with Crippen LogP contribution in [-0.2, 0) is 0 Å². The quantitative estimate of drug-likeness (QED) is 0.823. The molecule has 2 aromatic carbocycles. The minimum atomic E-state index is -0.138. The van der Waals surface area contributed by atoms with Gasteiger partial charge in [-0.3, -0.25) is 4.79 Å². The molecule has 0 saturated carbocycles. The summed E-state index contributed by atoms with van der Waals surface area (Å²) in [5.41, 5.74) is 3.33. The number of anilines is 1. The van der Waals surface area contributed by atoms with E-state index in [1.54, 1.807) is 18.2 Å². The zero-order valence-corrected chi connectivity index (χ0v) is 13.0. The van der Waals surface area contributed by atoms with Gasteiger partial charge in [0.05, 0.1) is 5.69 Å². The molecule has 0 aliphatic carbocycles. The van der Waals surface area contributed by atoms with Crippen LogP contribution in [0.3, 0.4) is 0 Å². The third kappa shape index (κ3) is 3.37. The van der Waals surface area contributed by atoms with Crippen molar-refractivity contribution in [1.82, 2.24) is 0 Å². The van der Waals surface area contributed by atoms with Gasteiger partial charge in [-0.2, -0.15) is 0 Å². The molecule has 19 heavy (non-hydrogen) atoms. The van der Waals surface area contributed by atoms with Crippen molar-refractivity contribution in [3.63, 3.8) is 0 Å². The van der Waals surface area contributed by atoms with Crippen LogP contribution in [0.5, 0.6) is 0 Å². The molecular formula is C15H13BrClNO. The highest BCUT2D eigenvalue weighted by atomic mass is 79.9. The number of nitrogens with one attached hydrogen (secondary N) is 1. The van der Waals surface area contributed by atoms with Crippen LogP contribution in [0.4, 0.5) is 5.69 Å². The molecule has 0 atom stereocenters. The van der Waals surface area contributed by atoms with Gasteiger partial charge in [0.1, 0.15) is 0 Å². The van der Waals surface area contributed by atoms with Gasteiger partial charge in [-0.15, -0.1) is 0 Å². The fourth-order valence-corrected chi connectivity index (χ4v) is 2.38. The Labute approximate surface area is 125 Å². The van der Waals surface area contributed by atoms with E-state index in [1.807, 2.05) is 32.0 Å².